The van der Waals surface area contributed by atoms with E-state index in [9.17, 15) is 8.78 Å². The van der Waals surface area contributed by atoms with Crippen molar-refractivity contribution in [1.82, 2.24) is 9.97 Å². The first kappa shape index (κ1) is 15.7. The van der Waals surface area contributed by atoms with Crippen LogP contribution in [0.1, 0.15) is 31.2 Å². The molecule has 3 rings (SSSR count). The number of alkyl halides is 2. The first-order chi connectivity index (χ1) is 11.0. The molecule has 2 aromatic heterocycles. The number of aromatic amines is 1. The third kappa shape index (κ3) is 3.61. The van der Waals surface area contributed by atoms with Gasteiger partial charge in [-0.05, 0) is 18.1 Å². The molecule has 1 aromatic carbocycles. The molecule has 0 aliphatic rings. The number of thiazole rings is 1. The lowest BCUT2D eigenvalue weighted by Crippen LogP contribution is -2.05. The minimum absolute atomic E-state index is 0.0250. The van der Waals surface area contributed by atoms with Gasteiger partial charge in [0.2, 0.25) is 0 Å². The Morgan fingerprint density at radius 3 is 2.70 bits per heavy atom. The van der Waals surface area contributed by atoms with Crippen LogP contribution in [0.3, 0.4) is 0 Å². The van der Waals surface area contributed by atoms with Gasteiger partial charge in [-0.15, -0.1) is 11.3 Å². The van der Waals surface area contributed by atoms with Crippen LogP contribution >= 0.6 is 11.3 Å². The maximum Gasteiger partial charge on any atom is 0.387 e. The number of H-pyrrole nitrogens is 1. The summed E-state index contributed by atoms with van der Waals surface area (Å²) in [6, 6.07) is 5.19. The van der Waals surface area contributed by atoms with Crippen LogP contribution in [0.15, 0.2) is 29.1 Å². The molecule has 1 N–H and O–H groups in total. The van der Waals surface area contributed by atoms with Crippen molar-refractivity contribution in [2.24, 2.45) is 0 Å². The third-order valence-electron chi connectivity index (χ3n) is 3.40. The lowest BCUT2D eigenvalue weighted by Gasteiger charge is -2.12. The van der Waals surface area contributed by atoms with Crippen molar-refractivity contribution in [3.8, 4) is 11.5 Å². The maximum absolute atomic E-state index is 12.7. The van der Waals surface area contributed by atoms with E-state index in [0.717, 1.165) is 22.3 Å². The van der Waals surface area contributed by atoms with Crippen molar-refractivity contribution in [1.29, 1.82) is 0 Å². The van der Waals surface area contributed by atoms with E-state index in [1.54, 1.807) is 17.6 Å². The molecule has 0 saturated heterocycles. The zero-order valence-electron chi connectivity index (χ0n) is 12.7. The van der Waals surface area contributed by atoms with Crippen LogP contribution in [0.2, 0.25) is 0 Å². The molecule has 122 valence electrons. The van der Waals surface area contributed by atoms with Crippen LogP contribution in [0.5, 0.6) is 11.5 Å². The van der Waals surface area contributed by atoms with Crippen LogP contribution < -0.4 is 9.47 Å². The summed E-state index contributed by atoms with van der Waals surface area (Å²) in [6.45, 7) is 1.41. The lowest BCUT2D eigenvalue weighted by molar-refractivity contribution is -0.0515. The number of ether oxygens (including phenoxy) is 2. The SMILES string of the molecule is CC(C)c1cc2cc(OC(F)F)c(OCc3cscn3)cc2[nH]1. The van der Waals surface area contributed by atoms with Crippen molar-refractivity contribution in [3.05, 3.63) is 40.5 Å². The van der Waals surface area contributed by atoms with Gasteiger partial charge in [-0.3, -0.25) is 0 Å². The Labute approximate surface area is 136 Å². The minimum atomic E-state index is -2.91. The molecule has 0 spiro atoms. The summed E-state index contributed by atoms with van der Waals surface area (Å²) < 4.78 is 35.5. The Morgan fingerprint density at radius 1 is 1.22 bits per heavy atom. The Hall–Kier alpha value is -2.15. The van der Waals surface area contributed by atoms with E-state index >= 15 is 0 Å². The number of halogens is 2. The molecule has 0 saturated carbocycles. The summed E-state index contributed by atoms with van der Waals surface area (Å²) in [5.74, 6) is 0.598. The normalized spacial score (nSPS) is 11.6. The number of benzene rings is 1. The predicted octanol–water partition coefficient (Wildman–Crippen LogP) is 4.93. The van der Waals surface area contributed by atoms with Gasteiger partial charge >= 0.3 is 6.61 Å². The molecule has 0 aliphatic carbocycles. The number of nitrogens with zero attached hydrogens (tertiary/aromatic N) is 1. The van der Waals surface area contributed by atoms with Gasteiger partial charge < -0.3 is 14.5 Å². The van der Waals surface area contributed by atoms with E-state index in [1.807, 2.05) is 11.4 Å². The number of hydrogen-bond acceptors (Lipinski definition) is 4. The van der Waals surface area contributed by atoms with Crippen LogP contribution in [0, 0.1) is 0 Å². The zero-order valence-corrected chi connectivity index (χ0v) is 13.5. The van der Waals surface area contributed by atoms with E-state index in [2.05, 4.69) is 28.6 Å². The fourth-order valence-corrected chi connectivity index (χ4v) is 2.78. The van der Waals surface area contributed by atoms with Crippen molar-refractivity contribution in [2.45, 2.75) is 33.0 Å². The fourth-order valence-electron chi connectivity index (χ4n) is 2.23. The summed E-state index contributed by atoms with van der Waals surface area (Å²) in [4.78, 5) is 7.38. The molecule has 2 heterocycles. The fraction of sp³-hybridized carbons (Fsp3) is 0.312. The standard InChI is InChI=1S/C16H16F2N2O2S/c1-9(2)12-3-10-4-15(22-16(17)18)14(5-13(10)20-12)21-6-11-7-23-8-19-11/h3-5,7-9,16,20H,6H2,1-2H3. The third-order valence-corrected chi connectivity index (χ3v) is 4.04. The Kier molecular flexibility index (Phi) is 4.47. The Morgan fingerprint density at radius 2 is 2.04 bits per heavy atom. The lowest BCUT2D eigenvalue weighted by atomic mass is 10.1. The molecular weight excluding hydrogens is 322 g/mol. The summed E-state index contributed by atoms with van der Waals surface area (Å²) in [6.07, 6.45) is 0. The molecule has 0 radical (unpaired) electrons. The van der Waals surface area contributed by atoms with E-state index in [4.69, 9.17) is 4.74 Å². The number of nitrogens with one attached hydrogen (secondary N) is 1. The first-order valence-electron chi connectivity index (χ1n) is 7.14. The van der Waals surface area contributed by atoms with E-state index in [1.165, 1.54) is 11.3 Å². The van der Waals surface area contributed by atoms with Gasteiger partial charge in [0.15, 0.2) is 11.5 Å². The number of aromatic nitrogens is 2. The van der Waals surface area contributed by atoms with Gasteiger partial charge in [0.1, 0.15) is 6.61 Å². The molecule has 0 unspecified atom stereocenters. The molecule has 0 bridgehead atoms. The second-order valence-corrected chi connectivity index (χ2v) is 6.13. The monoisotopic (exact) mass is 338 g/mol. The Balaban J connectivity index is 1.94. The van der Waals surface area contributed by atoms with Gasteiger partial charge in [0.25, 0.3) is 0 Å². The maximum atomic E-state index is 12.7. The number of hydrogen-bond donors (Lipinski definition) is 1. The van der Waals surface area contributed by atoms with Crippen LogP contribution in [-0.2, 0) is 6.61 Å². The van der Waals surface area contributed by atoms with Crippen molar-refractivity contribution < 1.29 is 18.3 Å². The molecule has 0 amide bonds. The Bertz CT molecular complexity index is 785. The van der Waals surface area contributed by atoms with E-state index < -0.39 is 6.61 Å². The van der Waals surface area contributed by atoms with Gasteiger partial charge in [0.05, 0.1) is 11.2 Å². The van der Waals surface area contributed by atoms with Crippen LogP contribution in [0.25, 0.3) is 10.9 Å². The van der Waals surface area contributed by atoms with Crippen molar-refractivity contribution in [2.75, 3.05) is 0 Å². The average molecular weight is 338 g/mol. The first-order valence-corrected chi connectivity index (χ1v) is 8.08. The molecule has 3 aromatic rings. The highest BCUT2D eigenvalue weighted by Crippen LogP contribution is 2.35. The number of fused-ring (bicyclic) bond motifs is 1. The second kappa shape index (κ2) is 6.54. The smallest absolute Gasteiger partial charge is 0.387 e. The minimum Gasteiger partial charge on any atom is -0.483 e. The average Bonchev–Trinajstić information content (AvgIpc) is 3.12. The van der Waals surface area contributed by atoms with Crippen molar-refractivity contribution in [3.63, 3.8) is 0 Å². The van der Waals surface area contributed by atoms with E-state index in [0.29, 0.717) is 5.92 Å². The topological polar surface area (TPSA) is 47.1 Å². The van der Waals surface area contributed by atoms with Gasteiger partial charge in [-0.25, -0.2) is 4.98 Å². The van der Waals surface area contributed by atoms with Crippen molar-refractivity contribution >= 4 is 22.2 Å². The largest absolute Gasteiger partial charge is 0.483 e. The molecule has 7 heteroatoms. The molecule has 0 atom stereocenters. The molecule has 0 aliphatic heterocycles. The summed E-state index contributed by atoms with van der Waals surface area (Å²) in [5.41, 5.74) is 4.29. The van der Waals surface area contributed by atoms with Gasteiger partial charge in [0, 0.05) is 28.0 Å². The second-order valence-electron chi connectivity index (χ2n) is 5.41. The highest BCUT2D eigenvalue weighted by molar-refractivity contribution is 7.07. The quantitative estimate of drug-likeness (QED) is 0.693. The zero-order chi connectivity index (χ0) is 16.4. The van der Waals surface area contributed by atoms with Gasteiger partial charge in [-0.2, -0.15) is 8.78 Å². The van der Waals surface area contributed by atoms with Crippen LogP contribution in [0.4, 0.5) is 8.78 Å². The summed E-state index contributed by atoms with van der Waals surface area (Å²) in [7, 11) is 0. The molecule has 4 nitrogen and oxygen atoms in total. The van der Waals surface area contributed by atoms with Crippen LogP contribution in [-0.4, -0.2) is 16.6 Å². The number of rotatable bonds is 6. The highest BCUT2D eigenvalue weighted by atomic mass is 32.1. The van der Waals surface area contributed by atoms with Gasteiger partial charge in [-0.1, -0.05) is 13.8 Å². The molecule has 0 fully saturated rings. The molecule has 23 heavy (non-hydrogen) atoms. The van der Waals surface area contributed by atoms with E-state index in [-0.39, 0.29) is 18.1 Å². The highest BCUT2D eigenvalue weighted by Gasteiger charge is 2.15. The predicted molar refractivity (Wildman–Crippen MR) is 85.5 cm³/mol. The summed E-state index contributed by atoms with van der Waals surface area (Å²) in [5, 5.41) is 2.66. The molecular formula is C16H16F2N2O2S. The summed E-state index contributed by atoms with van der Waals surface area (Å²) >= 11 is 1.45.